The summed E-state index contributed by atoms with van der Waals surface area (Å²) in [5.41, 5.74) is 9.64. The van der Waals surface area contributed by atoms with E-state index in [2.05, 4.69) is 4.98 Å². The second-order valence-electron chi connectivity index (χ2n) is 3.63. The van der Waals surface area contributed by atoms with Crippen molar-refractivity contribution in [3.63, 3.8) is 0 Å². The van der Waals surface area contributed by atoms with Crippen LogP contribution in [0.1, 0.15) is 24.2 Å². The van der Waals surface area contributed by atoms with E-state index in [4.69, 9.17) is 10.5 Å². The summed E-state index contributed by atoms with van der Waals surface area (Å²) in [5, 5.41) is 1.98. The van der Waals surface area contributed by atoms with E-state index < -0.39 is 0 Å². The van der Waals surface area contributed by atoms with Gasteiger partial charge < -0.3 is 10.5 Å². The first-order chi connectivity index (χ1) is 7.75. The zero-order valence-corrected chi connectivity index (χ0v) is 9.91. The predicted octanol–water partition coefficient (Wildman–Crippen LogP) is 2.74. The minimum absolute atomic E-state index is 0.0304. The largest absolute Gasteiger partial charge is 0.487 e. The number of hydrogen-bond donors (Lipinski definition) is 1. The molecule has 0 saturated carbocycles. The lowest BCUT2D eigenvalue weighted by Gasteiger charge is -2.09. The van der Waals surface area contributed by atoms with Gasteiger partial charge in [0.15, 0.2) is 0 Å². The Kier molecular flexibility index (Phi) is 3.54. The van der Waals surface area contributed by atoms with Gasteiger partial charge in [0.05, 0.1) is 11.2 Å². The Bertz CT molecular complexity index is 440. The van der Waals surface area contributed by atoms with Gasteiger partial charge in [0, 0.05) is 11.4 Å². The molecule has 3 nitrogen and oxygen atoms in total. The number of hydrogen-bond acceptors (Lipinski definition) is 4. The fourth-order valence-electron chi connectivity index (χ4n) is 1.35. The first-order valence-electron chi connectivity index (χ1n) is 5.11. The van der Waals surface area contributed by atoms with Crippen molar-refractivity contribution in [2.24, 2.45) is 5.73 Å². The van der Waals surface area contributed by atoms with Crippen molar-refractivity contribution < 1.29 is 4.74 Å². The van der Waals surface area contributed by atoms with Crippen LogP contribution in [0.4, 0.5) is 0 Å². The lowest BCUT2D eigenvalue weighted by Crippen LogP contribution is -2.05. The van der Waals surface area contributed by atoms with E-state index in [9.17, 15) is 0 Å². The highest BCUT2D eigenvalue weighted by atomic mass is 32.1. The first-order valence-corrected chi connectivity index (χ1v) is 6.05. The van der Waals surface area contributed by atoms with Crippen molar-refractivity contribution >= 4 is 11.3 Å². The summed E-state index contributed by atoms with van der Waals surface area (Å²) < 4.78 is 5.63. The topological polar surface area (TPSA) is 48.1 Å². The van der Waals surface area contributed by atoms with Gasteiger partial charge in [0.25, 0.3) is 0 Å². The van der Waals surface area contributed by atoms with Crippen LogP contribution in [0.5, 0.6) is 5.75 Å². The molecule has 1 heterocycles. The van der Waals surface area contributed by atoms with Crippen molar-refractivity contribution in [3.8, 4) is 5.75 Å². The third-order valence-corrected chi connectivity index (χ3v) is 2.89. The van der Waals surface area contributed by atoms with Gasteiger partial charge in [0.1, 0.15) is 12.4 Å². The maximum Gasteiger partial charge on any atom is 0.131 e. The average molecular weight is 234 g/mol. The third kappa shape index (κ3) is 2.81. The molecular weight excluding hydrogens is 220 g/mol. The molecule has 0 bridgehead atoms. The normalized spacial score (nSPS) is 12.4. The number of aromatic nitrogens is 1. The highest BCUT2D eigenvalue weighted by molar-refractivity contribution is 7.07. The summed E-state index contributed by atoms with van der Waals surface area (Å²) in [6, 6.07) is 7.88. The molecule has 1 aromatic heterocycles. The standard InChI is InChI=1S/C12H14N2OS/c1-9(13)10-3-2-4-12(5-10)15-6-11-7-16-8-14-11/h2-5,7-9H,6,13H2,1H3. The van der Waals surface area contributed by atoms with E-state index in [0.29, 0.717) is 6.61 Å². The Morgan fingerprint density at radius 1 is 1.50 bits per heavy atom. The molecule has 16 heavy (non-hydrogen) atoms. The smallest absolute Gasteiger partial charge is 0.131 e. The molecule has 2 rings (SSSR count). The van der Waals surface area contributed by atoms with Crippen LogP contribution in [-0.4, -0.2) is 4.98 Å². The summed E-state index contributed by atoms with van der Waals surface area (Å²) >= 11 is 1.57. The van der Waals surface area contributed by atoms with Crippen LogP contribution in [0.15, 0.2) is 35.2 Å². The second-order valence-corrected chi connectivity index (χ2v) is 4.35. The average Bonchev–Trinajstić information content (AvgIpc) is 2.79. The molecule has 0 aliphatic carbocycles. The number of nitrogens with two attached hydrogens (primary N) is 1. The van der Waals surface area contributed by atoms with Gasteiger partial charge in [-0.1, -0.05) is 12.1 Å². The summed E-state index contributed by atoms with van der Waals surface area (Å²) in [6.45, 7) is 2.46. The van der Waals surface area contributed by atoms with Gasteiger partial charge in [-0.25, -0.2) is 4.98 Å². The Morgan fingerprint density at radius 2 is 2.38 bits per heavy atom. The molecule has 1 atom stereocenters. The van der Waals surface area contributed by atoms with Crippen LogP contribution >= 0.6 is 11.3 Å². The summed E-state index contributed by atoms with van der Waals surface area (Å²) in [6.07, 6.45) is 0. The van der Waals surface area contributed by atoms with Gasteiger partial charge in [0.2, 0.25) is 0 Å². The molecule has 0 amide bonds. The van der Waals surface area contributed by atoms with Crippen molar-refractivity contribution in [2.75, 3.05) is 0 Å². The van der Waals surface area contributed by atoms with Gasteiger partial charge in [-0.2, -0.15) is 0 Å². The van der Waals surface area contributed by atoms with Crippen molar-refractivity contribution in [1.29, 1.82) is 0 Å². The minimum Gasteiger partial charge on any atom is -0.487 e. The Hall–Kier alpha value is -1.39. The Labute approximate surface area is 98.9 Å². The van der Waals surface area contributed by atoms with E-state index in [0.717, 1.165) is 17.0 Å². The fourth-order valence-corrected chi connectivity index (χ4v) is 1.90. The molecule has 0 aliphatic rings. The monoisotopic (exact) mass is 234 g/mol. The highest BCUT2D eigenvalue weighted by Gasteiger charge is 2.02. The zero-order chi connectivity index (χ0) is 11.4. The minimum atomic E-state index is 0.0304. The number of benzene rings is 1. The Morgan fingerprint density at radius 3 is 3.06 bits per heavy atom. The molecule has 0 saturated heterocycles. The van der Waals surface area contributed by atoms with Gasteiger partial charge in [-0.3, -0.25) is 0 Å². The zero-order valence-electron chi connectivity index (χ0n) is 9.09. The second kappa shape index (κ2) is 5.09. The van der Waals surface area contributed by atoms with E-state index in [1.807, 2.05) is 36.6 Å². The van der Waals surface area contributed by atoms with E-state index >= 15 is 0 Å². The quantitative estimate of drug-likeness (QED) is 0.884. The van der Waals surface area contributed by atoms with Crippen molar-refractivity contribution in [2.45, 2.75) is 19.6 Å². The third-order valence-electron chi connectivity index (χ3n) is 2.25. The Balaban J connectivity index is 2.01. The molecule has 4 heteroatoms. The van der Waals surface area contributed by atoms with Gasteiger partial charge in [-0.15, -0.1) is 11.3 Å². The molecular formula is C12H14N2OS. The molecule has 2 aromatic rings. The molecule has 84 valence electrons. The summed E-state index contributed by atoms with van der Waals surface area (Å²) in [5.74, 6) is 0.836. The molecule has 2 N–H and O–H groups in total. The number of rotatable bonds is 4. The molecule has 0 radical (unpaired) electrons. The number of thiazole rings is 1. The lowest BCUT2D eigenvalue weighted by molar-refractivity contribution is 0.301. The fraction of sp³-hybridized carbons (Fsp3) is 0.250. The van der Waals surface area contributed by atoms with Crippen LogP contribution in [0.2, 0.25) is 0 Å². The maximum absolute atomic E-state index is 5.81. The molecule has 0 fully saturated rings. The summed E-state index contributed by atoms with van der Waals surface area (Å²) in [4.78, 5) is 4.16. The van der Waals surface area contributed by atoms with E-state index in [1.165, 1.54) is 0 Å². The van der Waals surface area contributed by atoms with Crippen LogP contribution < -0.4 is 10.5 Å². The van der Waals surface area contributed by atoms with Crippen molar-refractivity contribution in [1.82, 2.24) is 4.98 Å². The van der Waals surface area contributed by atoms with E-state index in [1.54, 1.807) is 16.8 Å². The van der Waals surface area contributed by atoms with Crippen LogP contribution in [0, 0.1) is 0 Å². The summed E-state index contributed by atoms with van der Waals surface area (Å²) in [7, 11) is 0. The predicted molar refractivity (Wildman–Crippen MR) is 65.5 cm³/mol. The van der Waals surface area contributed by atoms with E-state index in [-0.39, 0.29) is 6.04 Å². The van der Waals surface area contributed by atoms with Crippen molar-refractivity contribution in [3.05, 3.63) is 46.4 Å². The number of nitrogens with zero attached hydrogens (tertiary/aromatic N) is 1. The van der Waals surface area contributed by atoms with Crippen LogP contribution in [0.25, 0.3) is 0 Å². The molecule has 0 aliphatic heterocycles. The SMILES string of the molecule is CC(N)c1cccc(OCc2cscn2)c1. The lowest BCUT2D eigenvalue weighted by atomic mass is 10.1. The van der Waals surface area contributed by atoms with Gasteiger partial charge in [-0.05, 0) is 24.6 Å². The maximum atomic E-state index is 5.81. The number of ether oxygens (including phenoxy) is 1. The molecule has 1 aromatic carbocycles. The van der Waals surface area contributed by atoms with Gasteiger partial charge >= 0.3 is 0 Å². The first kappa shape index (κ1) is 11.1. The highest BCUT2D eigenvalue weighted by Crippen LogP contribution is 2.18. The molecule has 0 spiro atoms. The molecule has 1 unspecified atom stereocenters. The van der Waals surface area contributed by atoms with Crippen LogP contribution in [0.3, 0.4) is 0 Å². The van der Waals surface area contributed by atoms with Crippen LogP contribution in [-0.2, 0) is 6.61 Å².